The third-order valence-electron chi connectivity index (χ3n) is 4.36. The number of esters is 1. The molecule has 0 amide bonds. The van der Waals surface area contributed by atoms with Gasteiger partial charge in [-0.2, -0.15) is 0 Å². The highest BCUT2D eigenvalue weighted by molar-refractivity contribution is 7.91. The van der Waals surface area contributed by atoms with Gasteiger partial charge < -0.3 is 9.64 Å². The van der Waals surface area contributed by atoms with Crippen LogP contribution in [0.3, 0.4) is 0 Å². The Morgan fingerprint density at radius 1 is 1.25 bits per heavy atom. The number of likely N-dealkylation sites (tertiary alicyclic amines) is 1. The Morgan fingerprint density at radius 2 is 1.90 bits per heavy atom. The van der Waals surface area contributed by atoms with Gasteiger partial charge in [-0.15, -0.1) is 0 Å². The number of hydrogen-bond donors (Lipinski definition) is 0. The summed E-state index contributed by atoms with van der Waals surface area (Å²) in [6, 6.07) is 0. The van der Waals surface area contributed by atoms with Crippen molar-refractivity contribution in [1.82, 2.24) is 4.90 Å². The topological polar surface area (TPSA) is 63.7 Å². The Morgan fingerprint density at radius 3 is 2.45 bits per heavy atom. The van der Waals surface area contributed by atoms with Crippen molar-refractivity contribution in [1.29, 1.82) is 0 Å². The van der Waals surface area contributed by atoms with Gasteiger partial charge in [0.25, 0.3) is 0 Å². The number of ether oxygens (including phenoxy) is 1. The molecule has 2 rings (SSSR count). The van der Waals surface area contributed by atoms with Crippen molar-refractivity contribution >= 4 is 15.8 Å². The molecule has 0 aromatic rings. The molecule has 5 nitrogen and oxygen atoms in total. The highest BCUT2D eigenvalue weighted by Crippen LogP contribution is 2.50. The maximum absolute atomic E-state index is 12.2. The zero-order valence-corrected chi connectivity index (χ0v) is 13.1. The third-order valence-corrected chi connectivity index (χ3v) is 6.32. The quantitative estimate of drug-likeness (QED) is 0.631. The van der Waals surface area contributed by atoms with Crippen molar-refractivity contribution in [3.8, 4) is 0 Å². The summed E-state index contributed by atoms with van der Waals surface area (Å²) in [5.74, 6) is 0.0939. The van der Waals surface area contributed by atoms with Crippen molar-refractivity contribution < 1.29 is 17.9 Å². The van der Waals surface area contributed by atoms with Gasteiger partial charge in [-0.25, -0.2) is 8.42 Å². The van der Waals surface area contributed by atoms with E-state index in [1.165, 1.54) is 20.0 Å². The lowest BCUT2D eigenvalue weighted by atomic mass is 10.1. The van der Waals surface area contributed by atoms with Crippen LogP contribution in [0.2, 0.25) is 0 Å². The molecule has 1 aliphatic heterocycles. The van der Waals surface area contributed by atoms with E-state index in [1.54, 1.807) is 0 Å². The number of nitrogens with zero attached hydrogens (tertiary/aromatic N) is 1. The van der Waals surface area contributed by atoms with Gasteiger partial charge in [-0.05, 0) is 57.2 Å². The first-order chi connectivity index (χ1) is 9.45. The smallest absolute Gasteiger partial charge is 0.306 e. The van der Waals surface area contributed by atoms with Crippen molar-refractivity contribution in [2.45, 2.75) is 38.5 Å². The maximum atomic E-state index is 12.2. The lowest BCUT2D eigenvalue weighted by molar-refractivity contribution is -0.141. The molecule has 0 N–H and O–H groups in total. The molecular weight excluding hydrogens is 278 g/mol. The van der Waals surface area contributed by atoms with Crippen molar-refractivity contribution in [2.24, 2.45) is 5.41 Å². The van der Waals surface area contributed by atoms with Crippen molar-refractivity contribution in [2.75, 3.05) is 38.2 Å². The second kappa shape index (κ2) is 6.43. The summed E-state index contributed by atoms with van der Waals surface area (Å²) in [4.78, 5) is 13.6. The van der Waals surface area contributed by atoms with Crippen LogP contribution in [0.5, 0.6) is 0 Å². The van der Waals surface area contributed by atoms with Gasteiger partial charge in [0.2, 0.25) is 0 Å². The molecule has 2 aliphatic rings. The van der Waals surface area contributed by atoms with E-state index in [0.717, 1.165) is 32.5 Å². The van der Waals surface area contributed by atoms with Gasteiger partial charge in [0.05, 0.1) is 25.0 Å². The van der Waals surface area contributed by atoms with Crippen LogP contribution in [0, 0.1) is 5.41 Å². The molecule has 1 saturated heterocycles. The zero-order chi connectivity index (χ0) is 14.6. The molecule has 20 heavy (non-hydrogen) atoms. The molecule has 0 spiro atoms. The molecular formula is C14H25NO4S. The Labute approximate surface area is 121 Å². The van der Waals surface area contributed by atoms with Gasteiger partial charge in [-0.3, -0.25) is 4.79 Å². The van der Waals surface area contributed by atoms with Gasteiger partial charge in [-0.1, -0.05) is 0 Å². The zero-order valence-electron chi connectivity index (χ0n) is 12.3. The molecule has 1 aliphatic carbocycles. The molecule has 0 bridgehead atoms. The van der Waals surface area contributed by atoms with E-state index >= 15 is 0 Å². The molecule has 0 unspecified atom stereocenters. The monoisotopic (exact) mass is 303 g/mol. The highest BCUT2D eigenvalue weighted by Gasteiger charge is 2.47. The van der Waals surface area contributed by atoms with Crippen LogP contribution in [0.15, 0.2) is 0 Å². The van der Waals surface area contributed by atoms with E-state index in [4.69, 9.17) is 0 Å². The van der Waals surface area contributed by atoms with E-state index in [-0.39, 0.29) is 29.3 Å². The van der Waals surface area contributed by atoms with Gasteiger partial charge in [0, 0.05) is 0 Å². The Bertz CT molecular complexity index is 436. The average Bonchev–Trinajstić information content (AvgIpc) is 2.91. The van der Waals surface area contributed by atoms with Crippen molar-refractivity contribution in [3.05, 3.63) is 0 Å². The molecule has 0 aromatic heterocycles. The summed E-state index contributed by atoms with van der Waals surface area (Å²) in [5, 5.41) is 0. The van der Waals surface area contributed by atoms with E-state index in [2.05, 4.69) is 9.64 Å². The summed E-state index contributed by atoms with van der Waals surface area (Å²) in [5.41, 5.74) is -0.320. The van der Waals surface area contributed by atoms with Crippen LogP contribution in [0.4, 0.5) is 0 Å². The minimum absolute atomic E-state index is 0.148. The predicted molar refractivity (Wildman–Crippen MR) is 77.2 cm³/mol. The van der Waals surface area contributed by atoms with E-state index in [1.807, 2.05) is 0 Å². The normalized spacial score (nSPS) is 21.9. The highest BCUT2D eigenvalue weighted by atomic mass is 32.2. The summed E-state index contributed by atoms with van der Waals surface area (Å²) >= 11 is 0. The number of methoxy groups -OCH3 is 1. The number of hydrogen-bond acceptors (Lipinski definition) is 5. The van der Waals surface area contributed by atoms with E-state index in [0.29, 0.717) is 6.42 Å². The summed E-state index contributed by atoms with van der Waals surface area (Å²) in [6.07, 6.45) is 5.07. The van der Waals surface area contributed by atoms with E-state index in [9.17, 15) is 13.2 Å². The molecule has 6 heteroatoms. The second-order valence-corrected chi connectivity index (χ2v) is 8.43. The van der Waals surface area contributed by atoms with Crippen LogP contribution >= 0.6 is 0 Å². The van der Waals surface area contributed by atoms with E-state index < -0.39 is 9.84 Å². The fourth-order valence-corrected chi connectivity index (χ4v) is 5.02. The minimum atomic E-state index is -3.06. The molecule has 1 saturated carbocycles. The Hall–Kier alpha value is -0.620. The second-order valence-electron chi connectivity index (χ2n) is 6.25. The number of sulfone groups is 1. The first kappa shape index (κ1) is 15.8. The van der Waals surface area contributed by atoms with Crippen LogP contribution in [0.25, 0.3) is 0 Å². The lowest BCUT2D eigenvalue weighted by Crippen LogP contribution is -2.26. The molecule has 0 aromatic carbocycles. The average molecular weight is 303 g/mol. The molecule has 1 heterocycles. The van der Waals surface area contributed by atoms with Crippen LogP contribution < -0.4 is 0 Å². The molecule has 2 fully saturated rings. The largest absolute Gasteiger partial charge is 0.469 e. The van der Waals surface area contributed by atoms with Crippen LogP contribution in [0.1, 0.15) is 38.5 Å². The fraction of sp³-hybridized carbons (Fsp3) is 0.929. The van der Waals surface area contributed by atoms with Crippen molar-refractivity contribution in [3.63, 3.8) is 0 Å². The number of rotatable bonds is 8. The Kier molecular flexibility index (Phi) is 5.07. The summed E-state index contributed by atoms with van der Waals surface area (Å²) in [6.45, 7) is 3.09. The third kappa shape index (κ3) is 4.74. The van der Waals surface area contributed by atoms with Gasteiger partial charge in [0.15, 0.2) is 9.84 Å². The molecule has 0 atom stereocenters. The SMILES string of the molecule is COC(=O)CC1(CS(=O)(=O)CCCN2CCCC2)CC1. The lowest BCUT2D eigenvalue weighted by Gasteiger charge is -2.16. The summed E-state index contributed by atoms with van der Waals surface area (Å²) in [7, 11) is -1.71. The number of carbonyl (C=O) groups is 1. The van der Waals surface area contributed by atoms with Gasteiger partial charge in [0.1, 0.15) is 0 Å². The van der Waals surface area contributed by atoms with Gasteiger partial charge >= 0.3 is 5.97 Å². The maximum Gasteiger partial charge on any atom is 0.306 e. The molecule has 0 radical (unpaired) electrons. The minimum Gasteiger partial charge on any atom is -0.469 e. The first-order valence-electron chi connectivity index (χ1n) is 7.44. The van der Waals surface area contributed by atoms with Crippen LogP contribution in [-0.2, 0) is 19.4 Å². The van der Waals surface area contributed by atoms with Crippen LogP contribution in [-0.4, -0.2) is 57.5 Å². The number of carbonyl (C=O) groups excluding carboxylic acids is 1. The Balaban J connectivity index is 1.74. The molecule has 116 valence electrons. The fourth-order valence-electron chi connectivity index (χ4n) is 2.98. The standard InChI is InChI=1S/C14H25NO4S/c1-19-13(16)11-14(5-6-14)12-20(17,18)10-4-9-15-7-2-3-8-15/h2-12H2,1H3. The summed E-state index contributed by atoms with van der Waals surface area (Å²) < 4.78 is 29.0. The first-order valence-corrected chi connectivity index (χ1v) is 9.26. The predicted octanol–water partition coefficient (Wildman–Crippen LogP) is 1.23.